The van der Waals surface area contributed by atoms with Crippen LogP contribution in [0.5, 0.6) is 0 Å². The van der Waals surface area contributed by atoms with E-state index in [1.54, 1.807) is 17.3 Å². The van der Waals surface area contributed by atoms with Gasteiger partial charge in [0.15, 0.2) is 11.5 Å². The van der Waals surface area contributed by atoms with E-state index in [9.17, 15) is 4.79 Å². The highest BCUT2D eigenvalue weighted by Crippen LogP contribution is 2.21. The van der Waals surface area contributed by atoms with Crippen LogP contribution in [-0.2, 0) is 11.2 Å². The van der Waals surface area contributed by atoms with Crippen molar-refractivity contribution in [3.63, 3.8) is 0 Å². The van der Waals surface area contributed by atoms with Crippen molar-refractivity contribution in [3.8, 4) is 0 Å². The number of aliphatic hydroxyl groups excluding tert-OH is 1. The summed E-state index contributed by atoms with van der Waals surface area (Å²) in [6, 6.07) is 0. The molecule has 0 radical (unpaired) electrons. The average Bonchev–Trinajstić information content (AvgIpc) is 2.97. The third kappa shape index (κ3) is 3.84. The van der Waals surface area contributed by atoms with E-state index in [0.717, 1.165) is 17.2 Å². The molecular formula is C17H25N5O3. The van der Waals surface area contributed by atoms with E-state index in [1.807, 2.05) is 31.4 Å². The summed E-state index contributed by atoms with van der Waals surface area (Å²) in [5.41, 5.74) is 1.24. The zero-order valence-electron chi connectivity index (χ0n) is 15.0. The van der Waals surface area contributed by atoms with Crippen molar-refractivity contribution in [1.29, 1.82) is 0 Å². The quantitative estimate of drug-likeness (QED) is 0.902. The topological polar surface area (TPSA) is 83.2 Å². The van der Waals surface area contributed by atoms with Crippen LogP contribution in [0.1, 0.15) is 26.5 Å². The minimum absolute atomic E-state index is 0.0833. The summed E-state index contributed by atoms with van der Waals surface area (Å²) in [5.74, 6) is 0.801. The Bertz CT molecular complexity index is 744. The molecule has 0 aromatic carbocycles. The molecule has 0 unspecified atom stereocenters. The van der Waals surface area contributed by atoms with Crippen molar-refractivity contribution < 1.29 is 14.6 Å². The number of amides is 1. The Balaban J connectivity index is 1.71. The smallest absolute Gasteiger partial charge is 0.410 e. The number of nitrogens with zero attached hydrogens (tertiary/aromatic N) is 5. The zero-order chi connectivity index (χ0) is 18.0. The molecule has 1 amide bonds. The van der Waals surface area contributed by atoms with E-state index in [0.29, 0.717) is 32.6 Å². The van der Waals surface area contributed by atoms with E-state index in [4.69, 9.17) is 9.84 Å². The van der Waals surface area contributed by atoms with Gasteiger partial charge in [0.25, 0.3) is 0 Å². The van der Waals surface area contributed by atoms with Crippen molar-refractivity contribution in [2.24, 2.45) is 0 Å². The predicted molar refractivity (Wildman–Crippen MR) is 93.8 cm³/mol. The molecule has 25 heavy (non-hydrogen) atoms. The van der Waals surface area contributed by atoms with Crippen LogP contribution in [0.4, 0.5) is 10.6 Å². The Morgan fingerprint density at radius 1 is 1.24 bits per heavy atom. The fourth-order valence-corrected chi connectivity index (χ4v) is 2.91. The Kier molecular flexibility index (Phi) is 4.80. The molecule has 8 nitrogen and oxygen atoms in total. The Morgan fingerprint density at radius 2 is 1.96 bits per heavy atom. The second-order valence-corrected chi connectivity index (χ2v) is 7.12. The molecule has 8 heteroatoms. The summed E-state index contributed by atoms with van der Waals surface area (Å²) in [5, 5.41) is 9.16. The van der Waals surface area contributed by atoms with Crippen molar-refractivity contribution in [2.45, 2.75) is 32.8 Å². The molecule has 0 aliphatic carbocycles. The average molecular weight is 347 g/mol. The lowest BCUT2D eigenvalue weighted by atomic mass is 10.2. The lowest BCUT2D eigenvalue weighted by Gasteiger charge is -2.36. The van der Waals surface area contributed by atoms with Crippen LogP contribution in [0.15, 0.2) is 18.6 Å². The molecule has 0 saturated carbocycles. The lowest BCUT2D eigenvalue weighted by molar-refractivity contribution is 0.0240. The van der Waals surface area contributed by atoms with Gasteiger partial charge in [0, 0.05) is 63.5 Å². The first-order valence-corrected chi connectivity index (χ1v) is 8.54. The molecule has 1 N–H and O–H groups in total. The fraction of sp³-hybridized carbons (Fsp3) is 0.588. The maximum atomic E-state index is 12.2. The van der Waals surface area contributed by atoms with Crippen LogP contribution in [-0.4, -0.2) is 68.9 Å². The first-order valence-electron chi connectivity index (χ1n) is 8.54. The molecule has 1 aliphatic rings. The molecule has 1 saturated heterocycles. The monoisotopic (exact) mass is 347 g/mol. The van der Waals surface area contributed by atoms with Crippen LogP contribution >= 0.6 is 0 Å². The number of carbonyl (C=O) groups excluding carboxylic acids is 1. The minimum Gasteiger partial charge on any atom is -0.444 e. The maximum absolute atomic E-state index is 12.2. The number of imidazole rings is 1. The van der Waals surface area contributed by atoms with Gasteiger partial charge in [-0.25, -0.2) is 14.8 Å². The largest absolute Gasteiger partial charge is 0.444 e. The third-order valence-electron chi connectivity index (χ3n) is 4.08. The van der Waals surface area contributed by atoms with E-state index in [2.05, 4.69) is 14.9 Å². The molecule has 0 spiro atoms. The number of aliphatic hydroxyl groups is 1. The highest BCUT2D eigenvalue weighted by molar-refractivity contribution is 5.69. The molecule has 0 atom stereocenters. The minimum atomic E-state index is -0.486. The van der Waals surface area contributed by atoms with Gasteiger partial charge in [0.05, 0.1) is 0 Å². The molecule has 1 aliphatic heterocycles. The number of anilines is 1. The zero-order valence-corrected chi connectivity index (χ0v) is 15.0. The molecular weight excluding hydrogens is 322 g/mol. The number of ether oxygens (including phenoxy) is 1. The maximum Gasteiger partial charge on any atom is 0.410 e. The van der Waals surface area contributed by atoms with Gasteiger partial charge < -0.3 is 19.6 Å². The number of aromatic nitrogens is 3. The van der Waals surface area contributed by atoms with Crippen molar-refractivity contribution >= 4 is 17.6 Å². The Labute approximate surface area is 147 Å². The van der Waals surface area contributed by atoms with Gasteiger partial charge in [-0.05, 0) is 20.8 Å². The summed E-state index contributed by atoms with van der Waals surface area (Å²) < 4.78 is 7.39. The Hall–Kier alpha value is -2.35. The highest BCUT2D eigenvalue weighted by Gasteiger charge is 2.27. The van der Waals surface area contributed by atoms with E-state index in [-0.39, 0.29) is 12.7 Å². The standard InChI is InChI=1S/C17H25N5O3/c1-17(2,3)25-16(24)21-9-7-20(8-10-21)14-15-19-12-13(4-11-23)22(15)6-5-18-14/h5-6,12,23H,4,7-11H2,1-3H3. The molecule has 2 aromatic rings. The van der Waals surface area contributed by atoms with Gasteiger partial charge in [-0.2, -0.15) is 0 Å². The van der Waals surface area contributed by atoms with E-state index >= 15 is 0 Å². The molecule has 0 bridgehead atoms. The van der Waals surface area contributed by atoms with Crippen LogP contribution in [0.3, 0.4) is 0 Å². The van der Waals surface area contributed by atoms with Crippen molar-refractivity contribution in [3.05, 3.63) is 24.3 Å². The van der Waals surface area contributed by atoms with Crippen LogP contribution in [0.25, 0.3) is 5.65 Å². The molecule has 3 rings (SSSR count). The molecule has 136 valence electrons. The number of fused-ring (bicyclic) bond motifs is 1. The Morgan fingerprint density at radius 3 is 2.60 bits per heavy atom. The van der Waals surface area contributed by atoms with E-state index in [1.165, 1.54) is 0 Å². The summed E-state index contributed by atoms with van der Waals surface area (Å²) in [6.45, 7) is 8.21. The number of piperazine rings is 1. The van der Waals surface area contributed by atoms with Gasteiger partial charge in [-0.15, -0.1) is 0 Å². The highest BCUT2D eigenvalue weighted by atomic mass is 16.6. The number of hydrogen-bond donors (Lipinski definition) is 1. The number of carbonyl (C=O) groups is 1. The second kappa shape index (κ2) is 6.87. The third-order valence-corrected chi connectivity index (χ3v) is 4.08. The lowest BCUT2D eigenvalue weighted by Crippen LogP contribution is -2.50. The normalized spacial score (nSPS) is 15.7. The van der Waals surface area contributed by atoms with Crippen LogP contribution in [0, 0.1) is 0 Å². The summed E-state index contributed by atoms with van der Waals surface area (Å²) in [6.07, 6.45) is 5.65. The summed E-state index contributed by atoms with van der Waals surface area (Å²) in [7, 11) is 0. The van der Waals surface area contributed by atoms with Crippen LogP contribution in [0.2, 0.25) is 0 Å². The van der Waals surface area contributed by atoms with Crippen LogP contribution < -0.4 is 4.90 Å². The van der Waals surface area contributed by atoms with Crippen molar-refractivity contribution in [2.75, 3.05) is 37.7 Å². The number of hydrogen-bond acceptors (Lipinski definition) is 6. The van der Waals surface area contributed by atoms with Crippen molar-refractivity contribution in [1.82, 2.24) is 19.3 Å². The molecule has 2 aromatic heterocycles. The predicted octanol–water partition coefficient (Wildman–Crippen LogP) is 1.32. The van der Waals surface area contributed by atoms with E-state index < -0.39 is 5.60 Å². The summed E-state index contributed by atoms with van der Waals surface area (Å²) in [4.78, 5) is 25.0. The first kappa shape index (κ1) is 17.5. The van der Waals surface area contributed by atoms with Gasteiger partial charge >= 0.3 is 6.09 Å². The van der Waals surface area contributed by atoms with Gasteiger partial charge in [0.1, 0.15) is 5.60 Å². The van der Waals surface area contributed by atoms with Gasteiger partial charge in [-0.3, -0.25) is 4.40 Å². The fourth-order valence-electron chi connectivity index (χ4n) is 2.91. The van der Waals surface area contributed by atoms with Gasteiger partial charge in [-0.1, -0.05) is 0 Å². The second-order valence-electron chi connectivity index (χ2n) is 7.12. The molecule has 1 fully saturated rings. The molecule has 3 heterocycles. The first-order chi connectivity index (χ1) is 11.9. The summed E-state index contributed by atoms with van der Waals surface area (Å²) >= 11 is 0. The number of rotatable bonds is 3. The van der Waals surface area contributed by atoms with Gasteiger partial charge in [0.2, 0.25) is 0 Å². The SMILES string of the molecule is CC(C)(C)OC(=O)N1CCN(c2nccn3c(CCO)cnc23)CC1.